The van der Waals surface area contributed by atoms with Crippen LogP contribution in [0.15, 0.2) is 40.8 Å². The molecule has 2 rings (SSSR count). The van der Waals surface area contributed by atoms with E-state index in [4.69, 9.17) is 4.42 Å². The van der Waals surface area contributed by atoms with Crippen LogP contribution < -0.4 is 10.1 Å². The van der Waals surface area contributed by atoms with Crippen LogP contribution in [0.4, 0.5) is 8.78 Å². The highest BCUT2D eigenvalue weighted by Gasteiger charge is 2.14. The molecule has 1 aromatic carbocycles. The monoisotopic (exact) mass is 325 g/mol. The summed E-state index contributed by atoms with van der Waals surface area (Å²) in [5.41, 5.74) is 0.358. The normalized spacial score (nSPS) is 12.2. The molecule has 0 bridgehead atoms. The lowest BCUT2D eigenvalue weighted by Gasteiger charge is -2.13. The standard InChI is InChI=1S/C16H17F2NO4/c1-2-11-6-7-14(22-11)15(21)19-9-13(20)10-4-3-5-12(8-10)23-16(17)18/h3-8,13,16,20H,2,9H2,1H3,(H,19,21). The van der Waals surface area contributed by atoms with E-state index in [1.165, 1.54) is 18.2 Å². The quantitative estimate of drug-likeness (QED) is 0.821. The molecule has 2 N–H and O–H groups in total. The Morgan fingerprint density at radius 3 is 2.78 bits per heavy atom. The molecule has 0 saturated heterocycles. The maximum atomic E-state index is 12.2. The third-order valence-electron chi connectivity index (χ3n) is 3.16. The molecule has 7 heteroatoms. The lowest BCUT2D eigenvalue weighted by Crippen LogP contribution is -2.28. The molecule has 0 spiro atoms. The molecule has 1 aromatic heterocycles. The lowest BCUT2D eigenvalue weighted by molar-refractivity contribution is -0.0499. The second-order valence-electron chi connectivity index (χ2n) is 4.80. The van der Waals surface area contributed by atoms with Crippen molar-refractivity contribution in [2.24, 2.45) is 0 Å². The molecule has 23 heavy (non-hydrogen) atoms. The Balaban J connectivity index is 1.93. The number of furan rings is 1. The molecule has 2 aromatic rings. The number of carbonyl (C=O) groups is 1. The number of carbonyl (C=O) groups excluding carboxylic acids is 1. The minimum atomic E-state index is -2.94. The molecule has 0 aliphatic rings. The average Bonchev–Trinajstić information content (AvgIpc) is 3.01. The molecule has 0 fully saturated rings. The van der Waals surface area contributed by atoms with Crippen LogP contribution in [0.25, 0.3) is 0 Å². The average molecular weight is 325 g/mol. The minimum absolute atomic E-state index is 0.0542. The van der Waals surface area contributed by atoms with Crippen molar-refractivity contribution < 1.29 is 27.8 Å². The Labute approximate surface area is 131 Å². The summed E-state index contributed by atoms with van der Waals surface area (Å²) >= 11 is 0. The molecule has 0 aliphatic heterocycles. The molecule has 1 atom stereocenters. The van der Waals surface area contributed by atoms with E-state index in [1.807, 2.05) is 6.92 Å². The second-order valence-corrected chi connectivity index (χ2v) is 4.80. The number of aryl methyl sites for hydroxylation is 1. The fraction of sp³-hybridized carbons (Fsp3) is 0.312. The molecular formula is C16H17F2NO4. The molecule has 0 saturated carbocycles. The first-order valence-corrected chi connectivity index (χ1v) is 7.09. The molecule has 1 heterocycles. The first-order chi connectivity index (χ1) is 11.0. The third-order valence-corrected chi connectivity index (χ3v) is 3.16. The van der Waals surface area contributed by atoms with E-state index in [0.29, 0.717) is 17.7 Å². The molecule has 1 amide bonds. The highest BCUT2D eigenvalue weighted by molar-refractivity contribution is 5.91. The number of aliphatic hydroxyl groups is 1. The highest BCUT2D eigenvalue weighted by atomic mass is 19.3. The van der Waals surface area contributed by atoms with Crippen molar-refractivity contribution in [3.8, 4) is 5.75 Å². The van der Waals surface area contributed by atoms with Crippen molar-refractivity contribution in [3.63, 3.8) is 0 Å². The molecule has 1 unspecified atom stereocenters. The van der Waals surface area contributed by atoms with Crippen LogP contribution in [0.3, 0.4) is 0 Å². The van der Waals surface area contributed by atoms with E-state index in [2.05, 4.69) is 10.1 Å². The Kier molecular flexibility index (Phi) is 5.70. The van der Waals surface area contributed by atoms with Crippen LogP contribution in [0.5, 0.6) is 5.75 Å². The zero-order valence-corrected chi connectivity index (χ0v) is 12.5. The third kappa shape index (κ3) is 4.79. The minimum Gasteiger partial charge on any atom is -0.456 e. The summed E-state index contributed by atoms with van der Waals surface area (Å²) in [5, 5.41) is 12.6. The largest absolute Gasteiger partial charge is 0.456 e. The van der Waals surface area contributed by atoms with Crippen LogP contribution in [-0.4, -0.2) is 24.2 Å². The number of halogens is 2. The first-order valence-electron chi connectivity index (χ1n) is 7.09. The summed E-state index contributed by atoms with van der Waals surface area (Å²) in [7, 11) is 0. The number of alkyl halides is 2. The van der Waals surface area contributed by atoms with Crippen molar-refractivity contribution in [1.29, 1.82) is 0 Å². The van der Waals surface area contributed by atoms with Crippen molar-refractivity contribution >= 4 is 5.91 Å². The Hall–Kier alpha value is -2.41. The summed E-state index contributed by atoms with van der Waals surface area (Å²) in [6, 6.07) is 8.95. The predicted octanol–water partition coefficient (Wildman–Crippen LogP) is 2.91. The fourth-order valence-corrected chi connectivity index (χ4v) is 1.98. The highest BCUT2D eigenvalue weighted by Crippen LogP contribution is 2.20. The van der Waals surface area contributed by atoms with Gasteiger partial charge in [0, 0.05) is 13.0 Å². The number of ether oxygens (including phenoxy) is 1. The molecule has 5 nitrogen and oxygen atoms in total. The van der Waals surface area contributed by atoms with E-state index in [1.54, 1.807) is 18.2 Å². The second kappa shape index (κ2) is 7.73. The van der Waals surface area contributed by atoms with Crippen molar-refractivity contribution in [3.05, 3.63) is 53.5 Å². The number of benzene rings is 1. The van der Waals surface area contributed by atoms with Crippen LogP contribution >= 0.6 is 0 Å². The zero-order chi connectivity index (χ0) is 16.8. The van der Waals surface area contributed by atoms with E-state index >= 15 is 0 Å². The summed E-state index contributed by atoms with van der Waals surface area (Å²) in [6.07, 6.45) is -0.381. The molecule has 0 aliphatic carbocycles. The number of hydrogen-bond acceptors (Lipinski definition) is 4. The number of hydrogen-bond donors (Lipinski definition) is 2. The molecule has 0 radical (unpaired) electrons. The van der Waals surface area contributed by atoms with Crippen molar-refractivity contribution in [1.82, 2.24) is 5.32 Å². The van der Waals surface area contributed by atoms with Crippen LogP contribution in [-0.2, 0) is 6.42 Å². The van der Waals surface area contributed by atoms with Crippen molar-refractivity contribution in [2.75, 3.05) is 6.54 Å². The summed E-state index contributed by atoms with van der Waals surface area (Å²) < 4.78 is 33.9. The van der Waals surface area contributed by atoms with Gasteiger partial charge in [-0.05, 0) is 29.8 Å². The van der Waals surface area contributed by atoms with E-state index < -0.39 is 18.6 Å². The lowest BCUT2D eigenvalue weighted by atomic mass is 10.1. The van der Waals surface area contributed by atoms with Gasteiger partial charge in [0.2, 0.25) is 0 Å². The molecular weight excluding hydrogens is 308 g/mol. The Morgan fingerprint density at radius 2 is 2.13 bits per heavy atom. The Morgan fingerprint density at radius 1 is 1.35 bits per heavy atom. The van der Waals surface area contributed by atoms with Crippen LogP contribution in [0.1, 0.15) is 34.9 Å². The number of nitrogens with one attached hydrogen (secondary N) is 1. The van der Waals surface area contributed by atoms with Gasteiger partial charge < -0.3 is 19.6 Å². The topological polar surface area (TPSA) is 71.7 Å². The van der Waals surface area contributed by atoms with Gasteiger partial charge in [-0.15, -0.1) is 0 Å². The van der Waals surface area contributed by atoms with Gasteiger partial charge in [-0.3, -0.25) is 4.79 Å². The first kappa shape index (κ1) is 17.0. The van der Waals surface area contributed by atoms with Gasteiger partial charge in [-0.1, -0.05) is 19.1 Å². The summed E-state index contributed by atoms with van der Waals surface area (Å²) in [6.45, 7) is -1.12. The maximum absolute atomic E-state index is 12.2. The van der Waals surface area contributed by atoms with Crippen molar-refractivity contribution in [2.45, 2.75) is 26.1 Å². The smallest absolute Gasteiger partial charge is 0.387 e. The summed E-state index contributed by atoms with van der Waals surface area (Å²) in [5.74, 6) is 0.335. The van der Waals surface area contributed by atoms with E-state index in [9.17, 15) is 18.7 Å². The van der Waals surface area contributed by atoms with Crippen LogP contribution in [0.2, 0.25) is 0 Å². The van der Waals surface area contributed by atoms with Gasteiger partial charge in [0.1, 0.15) is 11.5 Å². The molecule has 124 valence electrons. The summed E-state index contributed by atoms with van der Waals surface area (Å²) in [4.78, 5) is 11.9. The van der Waals surface area contributed by atoms with E-state index in [-0.39, 0.29) is 18.1 Å². The Bertz CT molecular complexity index is 657. The zero-order valence-electron chi connectivity index (χ0n) is 12.5. The number of aliphatic hydroxyl groups excluding tert-OH is 1. The SMILES string of the molecule is CCc1ccc(C(=O)NCC(O)c2cccc(OC(F)F)c2)o1. The predicted molar refractivity (Wildman–Crippen MR) is 78.5 cm³/mol. The van der Waals surface area contributed by atoms with Gasteiger partial charge in [0.15, 0.2) is 5.76 Å². The number of rotatable bonds is 7. The fourth-order valence-electron chi connectivity index (χ4n) is 1.98. The van der Waals surface area contributed by atoms with Gasteiger partial charge >= 0.3 is 6.61 Å². The van der Waals surface area contributed by atoms with E-state index in [0.717, 1.165) is 0 Å². The van der Waals surface area contributed by atoms with Crippen LogP contribution in [0, 0.1) is 0 Å². The van der Waals surface area contributed by atoms with Gasteiger partial charge in [-0.2, -0.15) is 8.78 Å². The van der Waals surface area contributed by atoms with Gasteiger partial charge in [0.05, 0.1) is 6.10 Å². The number of amides is 1. The maximum Gasteiger partial charge on any atom is 0.387 e. The van der Waals surface area contributed by atoms with Gasteiger partial charge in [-0.25, -0.2) is 0 Å². The van der Waals surface area contributed by atoms with Gasteiger partial charge in [0.25, 0.3) is 5.91 Å².